The molecule has 2 rings (SSSR count). The predicted molar refractivity (Wildman–Crippen MR) is 106 cm³/mol. The zero-order valence-electron chi connectivity index (χ0n) is 14.1. The van der Waals surface area contributed by atoms with E-state index < -0.39 is 0 Å². The van der Waals surface area contributed by atoms with Gasteiger partial charge < -0.3 is 16.0 Å². The first-order chi connectivity index (χ1) is 10.8. The highest BCUT2D eigenvalue weighted by Gasteiger charge is 2.20. The summed E-state index contributed by atoms with van der Waals surface area (Å²) in [7, 11) is 0. The van der Waals surface area contributed by atoms with Gasteiger partial charge in [-0.05, 0) is 32.6 Å². The quantitative estimate of drug-likeness (QED) is 0.198. The van der Waals surface area contributed by atoms with E-state index in [0.717, 1.165) is 38.2 Å². The predicted octanol–water partition coefficient (Wildman–Crippen LogP) is 2.57. The summed E-state index contributed by atoms with van der Waals surface area (Å²) < 4.78 is 0. The average Bonchev–Trinajstić information content (AvgIpc) is 3.05. The maximum absolute atomic E-state index is 12.0. The molecule has 23 heavy (non-hydrogen) atoms. The van der Waals surface area contributed by atoms with Crippen LogP contribution in [0.5, 0.6) is 0 Å². The monoisotopic (exact) mass is 434 g/mol. The molecule has 0 aromatic heterocycles. The van der Waals surface area contributed by atoms with Crippen molar-refractivity contribution in [1.29, 1.82) is 0 Å². The molecular formula is C17H31IN4O. The summed E-state index contributed by atoms with van der Waals surface area (Å²) in [5, 5.41) is 9.72. The Morgan fingerprint density at radius 2 is 1.83 bits per heavy atom. The molecule has 1 amide bonds. The van der Waals surface area contributed by atoms with Gasteiger partial charge in [-0.3, -0.25) is 9.79 Å². The fraction of sp³-hybridized carbons (Fsp3) is 0.765. The minimum atomic E-state index is 0. The molecule has 5 nitrogen and oxygen atoms in total. The van der Waals surface area contributed by atoms with Crippen LogP contribution in [0.1, 0.15) is 51.9 Å². The van der Waals surface area contributed by atoms with Crippen LogP contribution in [0.2, 0.25) is 0 Å². The molecule has 0 radical (unpaired) electrons. The fourth-order valence-corrected chi connectivity index (χ4v) is 3.10. The van der Waals surface area contributed by atoms with Gasteiger partial charge in [0.05, 0.1) is 6.54 Å². The largest absolute Gasteiger partial charge is 0.357 e. The first kappa shape index (κ1) is 20.3. The number of carbonyl (C=O) groups is 1. The number of rotatable bonds is 6. The van der Waals surface area contributed by atoms with Gasteiger partial charge in [0.1, 0.15) is 0 Å². The average molecular weight is 434 g/mol. The molecule has 132 valence electrons. The molecule has 0 saturated heterocycles. The van der Waals surface area contributed by atoms with Crippen LogP contribution in [0.4, 0.5) is 0 Å². The maximum Gasteiger partial charge on any atom is 0.223 e. The Balaban J connectivity index is 0.00000264. The number of carbonyl (C=O) groups excluding carboxylic acids is 1. The SMILES string of the molecule is CCNC(=NCCNC(=O)C1CCCCC1)NC1CC=CC1.I. The number of hydrogen-bond donors (Lipinski definition) is 3. The van der Waals surface area contributed by atoms with Gasteiger partial charge in [-0.15, -0.1) is 24.0 Å². The van der Waals surface area contributed by atoms with Gasteiger partial charge >= 0.3 is 0 Å². The number of nitrogens with one attached hydrogen (secondary N) is 3. The van der Waals surface area contributed by atoms with Crippen LogP contribution in [-0.4, -0.2) is 37.5 Å². The van der Waals surface area contributed by atoms with Crippen molar-refractivity contribution < 1.29 is 4.79 Å². The molecular weight excluding hydrogens is 403 g/mol. The van der Waals surface area contributed by atoms with E-state index in [9.17, 15) is 4.79 Å². The third-order valence-electron chi connectivity index (χ3n) is 4.35. The Bertz CT molecular complexity index is 397. The Morgan fingerprint density at radius 1 is 1.13 bits per heavy atom. The lowest BCUT2D eigenvalue weighted by Gasteiger charge is -2.20. The fourth-order valence-electron chi connectivity index (χ4n) is 3.10. The van der Waals surface area contributed by atoms with E-state index in [2.05, 4.69) is 40.0 Å². The van der Waals surface area contributed by atoms with E-state index >= 15 is 0 Å². The number of nitrogens with zero attached hydrogens (tertiary/aromatic N) is 1. The summed E-state index contributed by atoms with van der Waals surface area (Å²) in [6.07, 6.45) is 12.3. The maximum atomic E-state index is 12.0. The van der Waals surface area contributed by atoms with E-state index in [1.165, 1.54) is 19.3 Å². The van der Waals surface area contributed by atoms with E-state index in [4.69, 9.17) is 0 Å². The molecule has 6 heteroatoms. The zero-order chi connectivity index (χ0) is 15.6. The van der Waals surface area contributed by atoms with Crippen LogP contribution in [-0.2, 0) is 4.79 Å². The van der Waals surface area contributed by atoms with Crippen molar-refractivity contribution in [2.75, 3.05) is 19.6 Å². The highest BCUT2D eigenvalue weighted by atomic mass is 127. The molecule has 1 fully saturated rings. The molecule has 2 aliphatic rings. The van der Waals surface area contributed by atoms with Crippen LogP contribution in [0.25, 0.3) is 0 Å². The molecule has 1 saturated carbocycles. The molecule has 3 N–H and O–H groups in total. The van der Waals surface area contributed by atoms with Gasteiger partial charge in [-0.1, -0.05) is 31.4 Å². The number of halogens is 1. The van der Waals surface area contributed by atoms with Crippen LogP contribution < -0.4 is 16.0 Å². The lowest BCUT2D eigenvalue weighted by Crippen LogP contribution is -2.43. The Hall–Kier alpha value is -0.790. The van der Waals surface area contributed by atoms with Crippen LogP contribution in [0.3, 0.4) is 0 Å². The minimum Gasteiger partial charge on any atom is -0.357 e. The van der Waals surface area contributed by atoms with Gasteiger partial charge in [0.25, 0.3) is 0 Å². The third kappa shape index (κ3) is 7.54. The minimum absolute atomic E-state index is 0. The zero-order valence-corrected chi connectivity index (χ0v) is 16.5. The molecule has 0 aromatic rings. The van der Waals surface area contributed by atoms with E-state index in [-0.39, 0.29) is 35.8 Å². The lowest BCUT2D eigenvalue weighted by molar-refractivity contribution is -0.125. The van der Waals surface area contributed by atoms with Gasteiger partial charge in [0, 0.05) is 25.0 Å². The number of aliphatic imine (C=N–C) groups is 1. The van der Waals surface area contributed by atoms with Crippen molar-refractivity contribution in [2.24, 2.45) is 10.9 Å². The normalized spacial score (nSPS) is 19.3. The molecule has 0 atom stereocenters. The van der Waals surface area contributed by atoms with Crippen LogP contribution >= 0.6 is 24.0 Å². The Morgan fingerprint density at radius 3 is 2.48 bits per heavy atom. The number of hydrogen-bond acceptors (Lipinski definition) is 2. The second-order valence-electron chi connectivity index (χ2n) is 6.17. The first-order valence-electron chi connectivity index (χ1n) is 8.77. The Kier molecular flexibility index (Phi) is 10.3. The summed E-state index contributed by atoms with van der Waals surface area (Å²) in [6.45, 7) is 4.15. The van der Waals surface area contributed by atoms with Crippen molar-refractivity contribution in [1.82, 2.24) is 16.0 Å². The smallest absolute Gasteiger partial charge is 0.223 e. The summed E-state index contributed by atoms with van der Waals surface area (Å²) >= 11 is 0. The molecule has 0 unspecified atom stereocenters. The highest BCUT2D eigenvalue weighted by molar-refractivity contribution is 14.0. The van der Waals surface area contributed by atoms with Crippen LogP contribution in [0, 0.1) is 5.92 Å². The van der Waals surface area contributed by atoms with Crippen LogP contribution in [0.15, 0.2) is 17.1 Å². The third-order valence-corrected chi connectivity index (χ3v) is 4.35. The van der Waals surface area contributed by atoms with Gasteiger partial charge in [-0.25, -0.2) is 0 Å². The second kappa shape index (κ2) is 11.7. The molecule has 0 spiro atoms. The van der Waals surface area contributed by atoms with Crippen molar-refractivity contribution in [3.8, 4) is 0 Å². The van der Waals surface area contributed by atoms with Gasteiger partial charge in [-0.2, -0.15) is 0 Å². The van der Waals surface area contributed by atoms with Crippen molar-refractivity contribution in [3.05, 3.63) is 12.2 Å². The van der Waals surface area contributed by atoms with Gasteiger partial charge in [0.2, 0.25) is 5.91 Å². The standard InChI is InChI=1S/C17H30N4O.HI/c1-2-18-17(21-15-10-6-7-11-15)20-13-12-19-16(22)14-8-4-3-5-9-14;/h6-7,14-15H,2-5,8-13H2,1H3,(H,19,22)(H2,18,20,21);1H. The topological polar surface area (TPSA) is 65.5 Å². The lowest BCUT2D eigenvalue weighted by atomic mass is 9.89. The van der Waals surface area contributed by atoms with Gasteiger partial charge in [0.15, 0.2) is 5.96 Å². The Labute approximate surface area is 157 Å². The number of guanidine groups is 1. The van der Waals surface area contributed by atoms with E-state index in [1.807, 2.05) is 0 Å². The van der Waals surface area contributed by atoms with Crippen molar-refractivity contribution >= 4 is 35.8 Å². The summed E-state index contributed by atoms with van der Waals surface area (Å²) in [5.41, 5.74) is 0. The molecule has 0 heterocycles. The van der Waals surface area contributed by atoms with E-state index in [0.29, 0.717) is 19.1 Å². The summed E-state index contributed by atoms with van der Waals surface area (Å²) in [4.78, 5) is 16.6. The second-order valence-corrected chi connectivity index (χ2v) is 6.17. The van der Waals surface area contributed by atoms with Crippen molar-refractivity contribution in [3.63, 3.8) is 0 Å². The molecule has 0 aliphatic heterocycles. The number of amides is 1. The molecule has 0 aromatic carbocycles. The van der Waals surface area contributed by atoms with E-state index in [1.54, 1.807) is 0 Å². The molecule has 0 bridgehead atoms. The summed E-state index contributed by atoms with van der Waals surface area (Å²) in [5.74, 6) is 1.30. The highest BCUT2D eigenvalue weighted by Crippen LogP contribution is 2.23. The first-order valence-corrected chi connectivity index (χ1v) is 8.77. The summed E-state index contributed by atoms with van der Waals surface area (Å²) in [6, 6.07) is 0.453. The molecule has 2 aliphatic carbocycles. The van der Waals surface area contributed by atoms with Crippen molar-refractivity contribution in [2.45, 2.75) is 57.9 Å².